The Hall–Kier alpha value is -0.610. The zero-order valence-electron chi connectivity index (χ0n) is 10.8. The van der Waals surface area contributed by atoms with Gasteiger partial charge in [-0.15, -0.1) is 0 Å². The number of nitrogens with zero attached hydrogens (tertiary/aromatic N) is 1. The third kappa shape index (κ3) is 5.04. The van der Waals surface area contributed by atoms with Gasteiger partial charge in [-0.3, -0.25) is 4.79 Å². The maximum absolute atomic E-state index is 11.8. The average Bonchev–Trinajstić information content (AvgIpc) is 2.23. The Labute approximate surface area is 111 Å². The highest BCUT2D eigenvalue weighted by Gasteiger charge is 2.01. The molecule has 0 bridgehead atoms. The van der Waals surface area contributed by atoms with E-state index in [-0.39, 0.29) is 5.56 Å². The number of nitrogens with one attached hydrogen (secondary N) is 1. The van der Waals surface area contributed by atoms with Crippen molar-refractivity contribution in [2.45, 2.75) is 33.7 Å². The van der Waals surface area contributed by atoms with E-state index >= 15 is 0 Å². The van der Waals surface area contributed by atoms with Crippen molar-refractivity contribution in [2.75, 3.05) is 13.1 Å². The molecule has 4 heteroatoms. The zero-order chi connectivity index (χ0) is 12.8. The molecule has 1 rings (SSSR count). The first-order chi connectivity index (χ1) is 8.00. The molecule has 0 saturated carbocycles. The van der Waals surface area contributed by atoms with E-state index in [0.29, 0.717) is 5.92 Å². The van der Waals surface area contributed by atoms with Crippen LogP contribution in [0.25, 0.3) is 0 Å². The fourth-order valence-electron chi connectivity index (χ4n) is 1.67. The Kier molecular flexibility index (Phi) is 5.92. The van der Waals surface area contributed by atoms with Crippen molar-refractivity contribution >= 4 is 15.9 Å². The molecule has 0 aliphatic rings. The Morgan fingerprint density at radius 1 is 1.47 bits per heavy atom. The molecule has 17 heavy (non-hydrogen) atoms. The zero-order valence-corrected chi connectivity index (χ0v) is 12.4. The summed E-state index contributed by atoms with van der Waals surface area (Å²) in [5, 5.41) is 3.38. The van der Waals surface area contributed by atoms with Crippen molar-refractivity contribution in [1.82, 2.24) is 9.88 Å². The molecule has 0 aliphatic carbocycles. The summed E-state index contributed by atoms with van der Waals surface area (Å²) < 4.78 is 2.74. The molecular weight excluding hydrogens is 280 g/mol. The van der Waals surface area contributed by atoms with E-state index < -0.39 is 0 Å². The van der Waals surface area contributed by atoms with Gasteiger partial charge in [0.15, 0.2) is 0 Å². The van der Waals surface area contributed by atoms with Crippen LogP contribution in [0, 0.1) is 12.8 Å². The van der Waals surface area contributed by atoms with Gasteiger partial charge in [0.25, 0.3) is 5.56 Å². The van der Waals surface area contributed by atoms with Crippen LogP contribution >= 0.6 is 15.9 Å². The summed E-state index contributed by atoms with van der Waals surface area (Å²) in [4.78, 5) is 11.8. The molecule has 0 radical (unpaired) electrons. The smallest absolute Gasteiger partial charge is 0.253 e. The highest BCUT2D eigenvalue weighted by atomic mass is 79.9. The fourth-order valence-corrected chi connectivity index (χ4v) is 2.26. The summed E-state index contributed by atoms with van der Waals surface area (Å²) in [5.74, 6) is 0.672. The first-order valence-electron chi connectivity index (χ1n) is 6.08. The molecule has 96 valence electrons. The van der Waals surface area contributed by atoms with Gasteiger partial charge >= 0.3 is 0 Å². The number of aromatic nitrogens is 1. The van der Waals surface area contributed by atoms with Gasteiger partial charge in [0.1, 0.15) is 0 Å². The van der Waals surface area contributed by atoms with Crippen molar-refractivity contribution in [3.8, 4) is 0 Å². The molecule has 0 aromatic carbocycles. The number of hydrogen-bond donors (Lipinski definition) is 1. The number of pyridine rings is 1. The largest absolute Gasteiger partial charge is 0.316 e. The highest BCUT2D eigenvalue weighted by Crippen LogP contribution is 2.08. The van der Waals surface area contributed by atoms with Crippen molar-refractivity contribution in [1.29, 1.82) is 0 Å². The number of hydrogen-bond acceptors (Lipinski definition) is 2. The number of aryl methyl sites for hydroxylation is 2. The predicted octanol–water partition coefficient (Wildman–Crippen LogP) is 2.55. The predicted molar refractivity (Wildman–Crippen MR) is 75.5 cm³/mol. The standard InChI is InChI=1S/C13H21BrN2O/c1-10(2)8-15-5-4-6-16-9-12(14)7-11(3)13(16)17/h7,9-10,15H,4-6,8H2,1-3H3. The minimum Gasteiger partial charge on any atom is -0.316 e. The van der Waals surface area contributed by atoms with Crippen LogP contribution in [0.3, 0.4) is 0 Å². The molecule has 0 fully saturated rings. The molecular formula is C13H21BrN2O. The monoisotopic (exact) mass is 300 g/mol. The van der Waals surface area contributed by atoms with Crippen molar-refractivity contribution in [2.24, 2.45) is 5.92 Å². The lowest BCUT2D eigenvalue weighted by molar-refractivity contribution is 0.517. The van der Waals surface area contributed by atoms with E-state index in [2.05, 4.69) is 35.1 Å². The first kappa shape index (κ1) is 14.5. The van der Waals surface area contributed by atoms with Crippen LogP contribution in [0.4, 0.5) is 0 Å². The Morgan fingerprint density at radius 3 is 2.82 bits per heavy atom. The lowest BCUT2D eigenvalue weighted by atomic mass is 10.2. The maximum Gasteiger partial charge on any atom is 0.253 e. The molecule has 3 nitrogen and oxygen atoms in total. The van der Waals surface area contributed by atoms with E-state index in [1.807, 2.05) is 19.2 Å². The van der Waals surface area contributed by atoms with Crippen LogP contribution < -0.4 is 10.9 Å². The average molecular weight is 301 g/mol. The Morgan fingerprint density at radius 2 is 2.18 bits per heavy atom. The van der Waals surface area contributed by atoms with Gasteiger partial charge < -0.3 is 9.88 Å². The fraction of sp³-hybridized carbons (Fsp3) is 0.615. The van der Waals surface area contributed by atoms with Gasteiger partial charge in [0.05, 0.1) is 0 Å². The second kappa shape index (κ2) is 6.97. The Balaban J connectivity index is 2.44. The van der Waals surface area contributed by atoms with E-state index in [4.69, 9.17) is 0 Å². The minimum atomic E-state index is 0.108. The first-order valence-corrected chi connectivity index (χ1v) is 6.87. The number of rotatable bonds is 6. The van der Waals surface area contributed by atoms with Gasteiger partial charge in [0.2, 0.25) is 0 Å². The van der Waals surface area contributed by atoms with Crippen LogP contribution in [-0.4, -0.2) is 17.7 Å². The third-order valence-corrected chi connectivity index (χ3v) is 2.97. The van der Waals surface area contributed by atoms with Crippen LogP contribution in [0.5, 0.6) is 0 Å². The molecule has 1 aromatic heterocycles. The topological polar surface area (TPSA) is 34.0 Å². The molecule has 1 heterocycles. The summed E-state index contributed by atoms with van der Waals surface area (Å²) in [6.45, 7) is 8.98. The molecule has 0 saturated heterocycles. The third-order valence-electron chi connectivity index (χ3n) is 2.54. The summed E-state index contributed by atoms with van der Waals surface area (Å²) in [7, 11) is 0. The molecule has 0 unspecified atom stereocenters. The molecule has 1 N–H and O–H groups in total. The maximum atomic E-state index is 11.8. The van der Waals surface area contributed by atoms with Gasteiger partial charge in [-0.05, 0) is 54.3 Å². The summed E-state index contributed by atoms with van der Waals surface area (Å²) in [6, 6.07) is 1.86. The molecule has 0 spiro atoms. The van der Waals surface area contributed by atoms with Crippen LogP contribution in [0.2, 0.25) is 0 Å². The normalized spacial score (nSPS) is 11.1. The van der Waals surface area contributed by atoms with Gasteiger partial charge in [0, 0.05) is 22.8 Å². The highest BCUT2D eigenvalue weighted by molar-refractivity contribution is 9.10. The quantitative estimate of drug-likeness (QED) is 0.819. The lowest BCUT2D eigenvalue weighted by Crippen LogP contribution is -2.25. The minimum absolute atomic E-state index is 0.108. The van der Waals surface area contributed by atoms with Crippen LogP contribution in [0.15, 0.2) is 21.5 Å². The van der Waals surface area contributed by atoms with E-state index in [9.17, 15) is 4.79 Å². The molecule has 1 aromatic rings. The second-order valence-electron chi connectivity index (χ2n) is 4.79. The lowest BCUT2D eigenvalue weighted by Gasteiger charge is -2.09. The number of halogens is 1. The van der Waals surface area contributed by atoms with Gasteiger partial charge in [-0.2, -0.15) is 0 Å². The summed E-state index contributed by atoms with van der Waals surface area (Å²) >= 11 is 3.41. The van der Waals surface area contributed by atoms with E-state index in [1.165, 1.54) is 0 Å². The molecule has 0 amide bonds. The summed E-state index contributed by atoms with van der Waals surface area (Å²) in [6.07, 6.45) is 2.83. The van der Waals surface area contributed by atoms with E-state index in [1.54, 1.807) is 4.57 Å². The second-order valence-corrected chi connectivity index (χ2v) is 5.71. The van der Waals surface area contributed by atoms with E-state index in [0.717, 1.165) is 36.1 Å². The van der Waals surface area contributed by atoms with Crippen molar-refractivity contribution in [3.63, 3.8) is 0 Å². The summed E-state index contributed by atoms with van der Waals surface area (Å²) in [5.41, 5.74) is 0.895. The Bertz CT molecular complexity index is 412. The van der Waals surface area contributed by atoms with Gasteiger partial charge in [-0.25, -0.2) is 0 Å². The van der Waals surface area contributed by atoms with Crippen LogP contribution in [0.1, 0.15) is 25.8 Å². The van der Waals surface area contributed by atoms with Crippen molar-refractivity contribution < 1.29 is 0 Å². The SMILES string of the molecule is Cc1cc(Br)cn(CCCNCC(C)C)c1=O. The molecule has 0 atom stereocenters. The van der Waals surface area contributed by atoms with Crippen LogP contribution in [-0.2, 0) is 6.54 Å². The molecule has 0 aliphatic heterocycles. The van der Waals surface area contributed by atoms with Crippen molar-refractivity contribution in [3.05, 3.63) is 32.7 Å². The van der Waals surface area contributed by atoms with Gasteiger partial charge in [-0.1, -0.05) is 13.8 Å².